The lowest BCUT2D eigenvalue weighted by molar-refractivity contribution is -0.272. The van der Waals surface area contributed by atoms with Crippen LogP contribution in [0.15, 0.2) is 0 Å². The van der Waals surface area contributed by atoms with E-state index in [0.29, 0.717) is 38.6 Å². The van der Waals surface area contributed by atoms with E-state index in [9.17, 15) is 84.3 Å². The predicted octanol–water partition coefficient (Wildman–Crippen LogP) is -4.57. The standard InChI is InChI=1S/C72H131N7O31/c1-47(83)76-60-54(40-51(41-80)63(90)66(60)93)106-36-33-100-24-21-97-27-30-103-44-57(87)73-18-13-9-15-50(69(96)75-20-12-8-7-11-17-72(4,5)6)39-53(86)52(79-59(89)46-105-32-29-99-23-26-102-35-38-108-71-62(78-49(3)85)68(95)65(92)56(43-82)110-71)16-10-14-19-74-58(88)45-104-31-28-98-22-25-101-34-37-107-70-61(77-48(2)84)67(94)64(91)55(42-81)109-70/h50-52,54-56,60-68,70-71,80-82,90-95H,7-46H2,1-6H3,(H,73,87)(H,74,88)(H,75,96)(H,76,83)(H,77,84)(H,78,85)(H,79,89)/t50?,51-,52+,54-,55-,56-,60+,61-,62-,63+,64+,65+,66-,67-,68-,70-,71-/m1/s1. The van der Waals surface area contributed by atoms with E-state index in [0.717, 1.165) is 32.1 Å². The summed E-state index contributed by atoms with van der Waals surface area (Å²) < 4.78 is 78.0. The summed E-state index contributed by atoms with van der Waals surface area (Å²) in [5.74, 6) is -4.80. The Morgan fingerprint density at radius 1 is 0.409 bits per heavy atom. The second-order valence-corrected chi connectivity index (χ2v) is 28.4. The Bertz CT molecular complexity index is 2540. The minimum atomic E-state index is -1.46. The van der Waals surface area contributed by atoms with Crippen molar-refractivity contribution in [1.29, 1.82) is 0 Å². The first kappa shape index (κ1) is 99.2. The third-order valence-electron chi connectivity index (χ3n) is 18.0. The van der Waals surface area contributed by atoms with Crippen LogP contribution >= 0.6 is 0 Å². The second kappa shape index (κ2) is 58.8. The van der Waals surface area contributed by atoms with Crippen LogP contribution in [0.4, 0.5) is 0 Å². The van der Waals surface area contributed by atoms with Crippen LogP contribution in [0.1, 0.15) is 125 Å². The quantitative estimate of drug-likeness (QED) is 0.0255. The van der Waals surface area contributed by atoms with Crippen LogP contribution in [0.5, 0.6) is 0 Å². The average molecular weight is 1590 g/mol. The Morgan fingerprint density at radius 2 is 0.782 bits per heavy atom. The lowest BCUT2D eigenvalue weighted by Gasteiger charge is -2.42. The molecule has 3 rings (SSSR count). The van der Waals surface area contributed by atoms with Crippen molar-refractivity contribution in [1.82, 2.24) is 37.2 Å². The van der Waals surface area contributed by atoms with Crippen LogP contribution in [0.3, 0.4) is 0 Å². The number of amides is 7. The molecule has 110 heavy (non-hydrogen) atoms. The lowest BCUT2D eigenvalue weighted by Crippen LogP contribution is -2.64. The molecule has 3 fully saturated rings. The first-order valence-electron chi connectivity index (χ1n) is 38.4. The van der Waals surface area contributed by atoms with Crippen molar-refractivity contribution < 1.29 is 151 Å². The highest BCUT2D eigenvalue weighted by molar-refractivity contribution is 5.92. The number of carbonyl (C=O) groups excluding carboxylic acids is 8. The Labute approximate surface area is 645 Å². The molecule has 0 bridgehead atoms. The summed E-state index contributed by atoms with van der Waals surface area (Å²) in [6, 6.07) is -4.07. The molecular formula is C72H131N7O31. The number of Topliss-reactive ketones (excluding diaryl/α,β-unsaturated/α-hetero) is 1. The zero-order chi connectivity index (χ0) is 81.1. The van der Waals surface area contributed by atoms with Gasteiger partial charge in [0, 0.05) is 65.3 Å². The summed E-state index contributed by atoms with van der Waals surface area (Å²) in [7, 11) is 0. The largest absolute Gasteiger partial charge is 0.396 e. The SMILES string of the molecule is CC(=O)N[C@@H]1[C@@H](O)[C@@H](O)[C@@H](CO)C[C@H]1OCCOCCOCCOCC(=O)NCCCCC(CC(=O)[C@H](CCCCNC(=O)COCCOCCOCCO[C@@H]1O[C@H](CO)[C@H](O)[C@H](O)[C@H]1NC(C)=O)NC(=O)COCCOCCOCCO[C@@H]1O[C@H](CO)[C@H](O)[C@H](O)[C@H]1NC(C)=O)C(=O)NCCCCCCC(C)(C)C. The van der Waals surface area contributed by atoms with Crippen LogP contribution < -0.4 is 37.2 Å². The highest BCUT2D eigenvalue weighted by Crippen LogP contribution is 2.29. The van der Waals surface area contributed by atoms with E-state index in [4.69, 9.17) is 66.3 Å². The van der Waals surface area contributed by atoms with Gasteiger partial charge in [-0.25, -0.2) is 0 Å². The topological polar surface area (TPSA) is 532 Å². The van der Waals surface area contributed by atoms with Crippen molar-refractivity contribution in [3.05, 3.63) is 0 Å². The van der Waals surface area contributed by atoms with Crippen LogP contribution in [-0.4, -0.2) is 363 Å². The lowest BCUT2D eigenvalue weighted by atomic mass is 9.79. The molecule has 640 valence electrons. The molecule has 2 saturated heterocycles. The van der Waals surface area contributed by atoms with Gasteiger partial charge < -0.3 is 149 Å². The molecule has 0 aromatic carbocycles. The summed E-state index contributed by atoms with van der Waals surface area (Å²) in [5, 5.41) is 110. The third-order valence-corrected chi connectivity index (χ3v) is 18.0. The van der Waals surface area contributed by atoms with Gasteiger partial charge in [-0.3, -0.25) is 38.4 Å². The fourth-order valence-electron chi connectivity index (χ4n) is 12.1. The van der Waals surface area contributed by atoms with E-state index in [2.05, 4.69) is 58.0 Å². The smallest absolute Gasteiger partial charge is 0.246 e. The third kappa shape index (κ3) is 43.0. The molecule has 38 nitrogen and oxygen atoms in total. The Kier molecular flexibility index (Phi) is 53.1. The van der Waals surface area contributed by atoms with E-state index in [-0.39, 0.29) is 194 Å². The minimum Gasteiger partial charge on any atom is -0.396 e. The first-order valence-corrected chi connectivity index (χ1v) is 38.4. The number of nitrogens with one attached hydrogen (secondary N) is 7. The van der Waals surface area contributed by atoms with E-state index >= 15 is 0 Å². The first-order chi connectivity index (χ1) is 52.7. The molecule has 16 N–H and O–H groups in total. The van der Waals surface area contributed by atoms with Gasteiger partial charge in [-0.2, -0.15) is 0 Å². The zero-order valence-corrected chi connectivity index (χ0v) is 65.1. The highest BCUT2D eigenvalue weighted by atomic mass is 16.7. The number of hydrogen-bond donors (Lipinski definition) is 16. The summed E-state index contributed by atoms with van der Waals surface area (Å²) >= 11 is 0. The molecule has 0 spiro atoms. The molecule has 7 amide bonds. The molecule has 3 aliphatic rings. The number of hydrogen-bond acceptors (Lipinski definition) is 31. The average Bonchev–Trinajstić information content (AvgIpc) is 0.821. The number of rotatable bonds is 63. The van der Waals surface area contributed by atoms with Crippen molar-refractivity contribution in [3.8, 4) is 0 Å². The molecule has 2 aliphatic heterocycles. The van der Waals surface area contributed by atoms with E-state index in [1.807, 2.05) is 0 Å². The van der Waals surface area contributed by atoms with Crippen LogP contribution in [-0.2, 0) is 105 Å². The van der Waals surface area contributed by atoms with Crippen LogP contribution in [0.25, 0.3) is 0 Å². The van der Waals surface area contributed by atoms with Crippen molar-refractivity contribution >= 4 is 47.1 Å². The van der Waals surface area contributed by atoms with Crippen molar-refractivity contribution in [3.63, 3.8) is 0 Å². The van der Waals surface area contributed by atoms with Gasteiger partial charge in [0.05, 0.1) is 156 Å². The van der Waals surface area contributed by atoms with Gasteiger partial charge in [0.15, 0.2) is 18.4 Å². The van der Waals surface area contributed by atoms with Crippen molar-refractivity contribution in [2.24, 2.45) is 17.3 Å². The van der Waals surface area contributed by atoms with Crippen LogP contribution in [0.2, 0.25) is 0 Å². The Morgan fingerprint density at radius 3 is 1.21 bits per heavy atom. The van der Waals surface area contributed by atoms with Gasteiger partial charge in [0.1, 0.15) is 74.6 Å². The van der Waals surface area contributed by atoms with E-state index in [1.54, 1.807) is 0 Å². The summed E-state index contributed by atoms with van der Waals surface area (Å²) in [5.41, 5.74) is 0.211. The Hall–Kier alpha value is -4.96. The molecule has 1 saturated carbocycles. The van der Waals surface area contributed by atoms with Crippen molar-refractivity contribution in [2.75, 3.05) is 178 Å². The number of aliphatic hydroxyl groups excluding tert-OH is 9. The molecule has 0 aromatic rings. The summed E-state index contributed by atoms with van der Waals surface area (Å²) in [4.78, 5) is 102. The molecule has 2 heterocycles. The van der Waals surface area contributed by atoms with Gasteiger partial charge in [-0.15, -0.1) is 0 Å². The Balaban J connectivity index is 1.48. The molecule has 38 heteroatoms. The highest BCUT2D eigenvalue weighted by Gasteiger charge is 2.48. The van der Waals surface area contributed by atoms with Gasteiger partial charge in [-0.05, 0) is 56.8 Å². The molecule has 0 aromatic heterocycles. The van der Waals surface area contributed by atoms with Gasteiger partial charge in [0.2, 0.25) is 41.4 Å². The fraction of sp³-hybridized carbons (Fsp3) is 0.889. The number of carbonyl (C=O) groups is 8. The second-order valence-electron chi connectivity index (χ2n) is 28.4. The summed E-state index contributed by atoms with van der Waals surface area (Å²) in [6.45, 7) is 10.9. The van der Waals surface area contributed by atoms with Crippen molar-refractivity contribution in [2.45, 2.75) is 217 Å². The predicted molar refractivity (Wildman–Crippen MR) is 389 cm³/mol. The number of ketones is 1. The number of unbranched alkanes of at least 4 members (excludes halogenated alkanes) is 5. The normalized spacial score (nSPS) is 24.7. The maximum atomic E-state index is 14.4. The number of aliphatic hydroxyl groups is 9. The molecule has 1 unspecified atom stereocenters. The van der Waals surface area contributed by atoms with Gasteiger partial charge in [-0.1, -0.05) is 46.5 Å². The van der Waals surface area contributed by atoms with Gasteiger partial charge in [0.25, 0.3) is 0 Å². The van der Waals surface area contributed by atoms with Crippen LogP contribution in [0, 0.1) is 17.3 Å². The summed E-state index contributed by atoms with van der Waals surface area (Å²) in [6.07, 6.45) is -6.58. The minimum absolute atomic E-state index is 0.000667. The molecular weight excluding hydrogens is 1460 g/mol. The maximum Gasteiger partial charge on any atom is 0.246 e. The van der Waals surface area contributed by atoms with E-state index in [1.165, 1.54) is 20.8 Å². The monoisotopic (exact) mass is 1590 g/mol. The zero-order valence-electron chi connectivity index (χ0n) is 65.1. The molecule has 17 atom stereocenters. The number of ether oxygens (including phenoxy) is 14. The van der Waals surface area contributed by atoms with Gasteiger partial charge >= 0.3 is 0 Å². The molecule has 1 aliphatic carbocycles. The fourth-order valence-corrected chi connectivity index (χ4v) is 12.1. The maximum absolute atomic E-state index is 14.4. The molecule has 0 radical (unpaired) electrons. The van der Waals surface area contributed by atoms with E-state index < -0.39 is 153 Å².